The van der Waals surface area contributed by atoms with Gasteiger partial charge in [-0.15, -0.1) is 11.3 Å². The van der Waals surface area contributed by atoms with E-state index in [2.05, 4.69) is 17.2 Å². The van der Waals surface area contributed by atoms with Gasteiger partial charge in [-0.05, 0) is 30.5 Å². The number of anilines is 1. The van der Waals surface area contributed by atoms with Gasteiger partial charge in [0, 0.05) is 29.7 Å². The number of aromatic nitrogens is 1. The summed E-state index contributed by atoms with van der Waals surface area (Å²) in [6.45, 7) is 2.71. The van der Waals surface area contributed by atoms with Crippen molar-refractivity contribution < 1.29 is 4.79 Å². The van der Waals surface area contributed by atoms with Crippen LogP contribution in [0, 0.1) is 0 Å². The standard InChI is InChI=1S/C16H19N3OS/c1-11(14-18-8-9-21-14)10-19-15(20)16(6-7-16)12-2-4-13(17)5-3-12/h2-5,8-9,11H,6-7,10,17H2,1H3,(H,19,20). The third kappa shape index (κ3) is 2.78. The van der Waals surface area contributed by atoms with Crippen molar-refractivity contribution in [2.75, 3.05) is 12.3 Å². The first-order valence-electron chi connectivity index (χ1n) is 7.15. The molecule has 1 aliphatic carbocycles. The summed E-state index contributed by atoms with van der Waals surface area (Å²) in [5, 5.41) is 6.11. The molecule has 0 bridgehead atoms. The summed E-state index contributed by atoms with van der Waals surface area (Å²) in [5.41, 5.74) is 7.17. The van der Waals surface area contributed by atoms with Crippen molar-refractivity contribution in [3.63, 3.8) is 0 Å². The zero-order valence-electron chi connectivity index (χ0n) is 12.0. The zero-order chi connectivity index (χ0) is 14.9. The van der Waals surface area contributed by atoms with Crippen LogP contribution < -0.4 is 11.1 Å². The Labute approximate surface area is 128 Å². The molecule has 1 fully saturated rings. The predicted molar refractivity (Wildman–Crippen MR) is 85.3 cm³/mol. The summed E-state index contributed by atoms with van der Waals surface area (Å²) in [5.74, 6) is 0.367. The number of nitrogens with zero attached hydrogens (tertiary/aromatic N) is 1. The fourth-order valence-corrected chi connectivity index (χ4v) is 3.25. The maximum absolute atomic E-state index is 12.5. The number of hydrogen-bond donors (Lipinski definition) is 2. The second-order valence-electron chi connectivity index (χ2n) is 5.69. The first-order valence-corrected chi connectivity index (χ1v) is 8.03. The lowest BCUT2D eigenvalue weighted by Crippen LogP contribution is -2.36. The van der Waals surface area contributed by atoms with Crippen LogP contribution in [-0.4, -0.2) is 17.4 Å². The van der Waals surface area contributed by atoms with Crippen LogP contribution >= 0.6 is 11.3 Å². The summed E-state index contributed by atoms with van der Waals surface area (Å²) in [6, 6.07) is 7.65. The van der Waals surface area contributed by atoms with E-state index in [0.717, 1.165) is 29.1 Å². The average Bonchev–Trinajstić information content (AvgIpc) is 3.11. The Morgan fingerprint density at radius 1 is 1.43 bits per heavy atom. The second-order valence-corrected chi connectivity index (χ2v) is 6.61. The summed E-state index contributed by atoms with van der Waals surface area (Å²) < 4.78 is 0. The molecule has 0 saturated heterocycles. The quantitative estimate of drug-likeness (QED) is 0.834. The molecular weight excluding hydrogens is 282 g/mol. The lowest BCUT2D eigenvalue weighted by molar-refractivity contribution is -0.123. The topological polar surface area (TPSA) is 68.0 Å². The van der Waals surface area contributed by atoms with E-state index in [4.69, 9.17) is 5.73 Å². The molecule has 0 spiro atoms. The Morgan fingerprint density at radius 2 is 2.14 bits per heavy atom. The number of nitrogen functional groups attached to an aromatic ring is 1. The summed E-state index contributed by atoms with van der Waals surface area (Å²) in [4.78, 5) is 16.8. The molecule has 1 aliphatic rings. The average molecular weight is 301 g/mol. The van der Waals surface area contributed by atoms with E-state index >= 15 is 0 Å². The van der Waals surface area contributed by atoms with Gasteiger partial charge >= 0.3 is 0 Å². The van der Waals surface area contributed by atoms with E-state index in [1.807, 2.05) is 29.6 Å². The van der Waals surface area contributed by atoms with E-state index in [1.165, 1.54) is 0 Å². The molecule has 1 atom stereocenters. The number of hydrogen-bond acceptors (Lipinski definition) is 4. The number of carbonyl (C=O) groups excluding carboxylic acids is 1. The van der Waals surface area contributed by atoms with Crippen LogP contribution in [0.1, 0.15) is 36.3 Å². The first-order chi connectivity index (χ1) is 10.1. The van der Waals surface area contributed by atoms with Gasteiger partial charge in [0.15, 0.2) is 0 Å². The molecule has 1 aromatic heterocycles. The minimum atomic E-state index is -0.337. The van der Waals surface area contributed by atoms with Gasteiger partial charge in [-0.1, -0.05) is 19.1 Å². The Balaban J connectivity index is 1.64. The minimum absolute atomic E-state index is 0.121. The molecule has 1 unspecified atom stereocenters. The van der Waals surface area contributed by atoms with Gasteiger partial charge in [0.2, 0.25) is 5.91 Å². The molecule has 3 rings (SSSR count). The molecule has 4 nitrogen and oxygen atoms in total. The van der Waals surface area contributed by atoms with Crippen molar-refractivity contribution in [2.24, 2.45) is 0 Å². The van der Waals surface area contributed by atoms with Crippen LogP contribution in [0.3, 0.4) is 0 Å². The van der Waals surface area contributed by atoms with Crippen LogP contribution in [0.5, 0.6) is 0 Å². The lowest BCUT2D eigenvalue weighted by Gasteiger charge is -2.17. The zero-order valence-corrected chi connectivity index (χ0v) is 12.8. The molecule has 1 heterocycles. The van der Waals surface area contributed by atoms with Crippen LogP contribution in [0.2, 0.25) is 0 Å². The highest BCUT2D eigenvalue weighted by atomic mass is 32.1. The molecule has 5 heteroatoms. The molecule has 0 aliphatic heterocycles. The Kier molecular flexibility index (Phi) is 3.68. The van der Waals surface area contributed by atoms with Gasteiger partial charge < -0.3 is 11.1 Å². The fraction of sp³-hybridized carbons (Fsp3) is 0.375. The maximum Gasteiger partial charge on any atom is 0.230 e. The Hall–Kier alpha value is -1.88. The van der Waals surface area contributed by atoms with Crippen molar-refractivity contribution in [3.8, 4) is 0 Å². The highest BCUT2D eigenvalue weighted by molar-refractivity contribution is 7.09. The third-order valence-corrected chi connectivity index (χ3v) is 5.10. The second kappa shape index (κ2) is 5.48. The molecule has 3 N–H and O–H groups in total. The highest BCUT2D eigenvalue weighted by Gasteiger charge is 2.51. The highest BCUT2D eigenvalue weighted by Crippen LogP contribution is 2.48. The number of thiazole rings is 1. The summed E-state index contributed by atoms with van der Waals surface area (Å²) in [7, 11) is 0. The van der Waals surface area contributed by atoms with Crippen molar-refractivity contribution >= 4 is 22.9 Å². The monoisotopic (exact) mass is 301 g/mol. The number of nitrogens with two attached hydrogens (primary N) is 1. The number of benzene rings is 1. The molecule has 21 heavy (non-hydrogen) atoms. The summed E-state index contributed by atoms with van der Waals surface area (Å²) in [6.07, 6.45) is 3.62. The largest absolute Gasteiger partial charge is 0.399 e. The predicted octanol–water partition coefficient (Wildman–Crippen LogP) is 2.68. The lowest BCUT2D eigenvalue weighted by atomic mass is 9.94. The fourth-order valence-electron chi connectivity index (χ4n) is 2.55. The van der Waals surface area contributed by atoms with Gasteiger partial charge in [-0.2, -0.15) is 0 Å². The third-order valence-electron chi connectivity index (χ3n) is 4.09. The molecular formula is C16H19N3OS. The minimum Gasteiger partial charge on any atom is -0.399 e. The molecule has 1 saturated carbocycles. The van der Waals surface area contributed by atoms with Crippen LogP contribution in [0.15, 0.2) is 35.8 Å². The molecule has 0 radical (unpaired) electrons. The van der Waals surface area contributed by atoms with Crippen molar-refractivity contribution in [3.05, 3.63) is 46.4 Å². The number of rotatable bonds is 5. The van der Waals surface area contributed by atoms with E-state index in [1.54, 1.807) is 17.5 Å². The first kappa shape index (κ1) is 14.1. The van der Waals surface area contributed by atoms with E-state index in [9.17, 15) is 4.79 Å². The van der Waals surface area contributed by atoms with Crippen molar-refractivity contribution in [1.82, 2.24) is 10.3 Å². The number of nitrogens with one attached hydrogen (secondary N) is 1. The number of amides is 1. The summed E-state index contributed by atoms with van der Waals surface area (Å²) >= 11 is 1.63. The normalized spacial score (nSPS) is 17.2. The van der Waals surface area contributed by atoms with Crippen LogP contribution in [0.4, 0.5) is 5.69 Å². The van der Waals surface area contributed by atoms with Crippen LogP contribution in [0.25, 0.3) is 0 Å². The number of carbonyl (C=O) groups is 1. The van der Waals surface area contributed by atoms with Gasteiger partial charge in [-0.25, -0.2) is 4.98 Å². The Morgan fingerprint density at radius 3 is 2.71 bits per heavy atom. The Bertz CT molecular complexity index is 617. The molecule has 2 aromatic rings. The maximum atomic E-state index is 12.5. The molecule has 110 valence electrons. The van der Waals surface area contributed by atoms with Crippen molar-refractivity contribution in [1.29, 1.82) is 0 Å². The van der Waals surface area contributed by atoms with Gasteiger partial charge in [0.05, 0.1) is 10.4 Å². The van der Waals surface area contributed by atoms with Gasteiger partial charge in [0.1, 0.15) is 0 Å². The van der Waals surface area contributed by atoms with Gasteiger partial charge in [0.25, 0.3) is 0 Å². The molecule has 1 aromatic carbocycles. The van der Waals surface area contributed by atoms with Gasteiger partial charge in [-0.3, -0.25) is 4.79 Å². The van der Waals surface area contributed by atoms with Crippen molar-refractivity contribution in [2.45, 2.75) is 31.1 Å². The SMILES string of the molecule is CC(CNC(=O)C1(c2ccc(N)cc2)CC1)c1nccs1. The van der Waals surface area contributed by atoms with E-state index in [-0.39, 0.29) is 17.2 Å². The van der Waals surface area contributed by atoms with Crippen LogP contribution in [-0.2, 0) is 10.2 Å². The van der Waals surface area contributed by atoms with E-state index in [0.29, 0.717) is 6.54 Å². The molecule has 1 amide bonds. The smallest absolute Gasteiger partial charge is 0.230 e. The van der Waals surface area contributed by atoms with E-state index < -0.39 is 0 Å².